The second-order valence-corrected chi connectivity index (χ2v) is 9.75. The number of rotatable bonds is 5. The summed E-state index contributed by atoms with van der Waals surface area (Å²) in [5.41, 5.74) is 2.40. The minimum Gasteiger partial charge on any atom is -0.368 e. The third-order valence-corrected chi connectivity index (χ3v) is 6.73. The number of carbonyl (C=O) groups excluding carboxylic acids is 1. The Labute approximate surface area is 181 Å². The number of benzene rings is 2. The number of hydrogen-bond acceptors (Lipinski definition) is 4. The highest BCUT2D eigenvalue weighted by molar-refractivity contribution is 7.92. The summed E-state index contributed by atoms with van der Waals surface area (Å²) < 4.78 is 39.1. The van der Waals surface area contributed by atoms with Crippen molar-refractivity contribution in [3.05, 3.63) is 58.9 Å². The molecule has 2 aromatic carbocycles. The van der Waals surface area contributed by atoms with Gasteiger partial charge in [-0.05, 0) is 55.8 Å². The first kappa shape index (κ1) is 22.4. The first-order valence-corrected chi connectivity index (χ1v) is 11.9. The van der Waals surface area contributed by atoms with Crippen molar-refractivity contribution < 1.29 is 17.6 Å². The van der Waals surface area contributed by atoms with Gasteiger partial charge in [0.15, 0.2) is 0 Å². The number of sulfonamides is 1. The molecule has 1 unspecified atom stereocenters. The summed E-state index contributed by atoms with van der Waals surface area (Å²) in [5.74, 6) is -0.758. The van der Waals surface area contributed by atoms with Crippen molar-refractivity contribution in [2.45, 2.75) is 19.9 Å². The number of anilines is 2. The van der Waals surface area contributed by atoms with Gasteiger partial charge in [-0.3, -0.25) is 9.10 Å². The minimum atomic E-state index is -3.74. The zero-order chi connectivity index (χ0) is 22.1. The predicted molar refractivity (Wildman–Crippen MR) is 118 cm³/mol. The van der Waals surface area contributed by atoms with E-state index in [1.54, 1.807) is 11.8 Å². The lowest BCUT2D eigenvalue weighted by Gasteiger charge is -2.39. The molecule has 1 aliphatic rings. The summed E-state index contributed by atoms with van der Waals surface area (Å²) in [6.45, 7) is 5.74. The number of halogens is 2. The maximum atomic E-state index is 13.3. The van der Waals surface area contributed by atoms with Gasteiger partial charge in [-0.25, -0.2) is 12.8 Å². The van der Waals surface area contributed by atoms with Crippen LogP contribution in [-0.2, 0) is 14.8 Å². The number of piperazine rings is 1. The molecular formula is C21H25ClFN3O3S. The van der Waals surface area contributed by atoms with Crippen molar-refractivity contribution in [1.29, 1.82) is 0 Å². The summed E-state index contributed by atoms with van der Waals surface area (Å²) in [4.78, 5) is 16.9. The van der Waals surface area contributed by atoms with Crippen LogP contribution in [0.1, 0.15) is 12.5 Å². The molecule has 2 aromatic rings. The molecule has 9 heteroatoms. The Hall–Kier alpha value is -2.32. The van der Waals surface area contributed by atoms with Gasteiger partial charge in [0.2, 0.25) is 15.9 Å². The molecule has 1 saturated heterocycles. The van der Waals surface area contributed by atoms with Crippen LogP contribution >= 0.6 is 11.6 Å². The molecule has 0 N–H and O–H groups in total. The van der Waals surface area contributed by atoms with E-state index >= 15 is 0 Å². The van der Waals surface area contributed by atoms with E-state index < -0.39 is 21.9 Å². The van der Waals surface area contributed by atoms with Gasteiger partial charge in [0.1, 0.15) is 11.9 Å². The molecule has 1 heterocycles. The lowest BCUT2D eigenvalue weighted by Crippen LogP contribution is -2.55. The van der Waals surface area contributed by atoms with E-state index in [0.29, 0.717) is 31.2 Å². The lowest BCUT2D eigenvalue weighted by atomic mass is 10.1. The molecule has 1 amide bonds. The molecule has 0 aliphatic carbocycles. The third-order valence-electron chi connectivity index (χ3n) is 5.25. The van der Waals surface area contributed by atoms with Crippen molar-refractivity contribution in [3.8, 4) is 0 Å². The largest absolute Gasteiger partial charge is 0.368 e. The van der Waals surface area contributed by atoms with E-state index in [-0.39, 0.29) is 11.6 Å². The normalized spacial score (nSPS) is 15.8. The Balaban J connectivity index is 1.74. The smallest absolute Gasteiger partial charge is 0.246 e. The zero-order valence-electron chi connectivity index (χ0n) is 17.2. The molecule has 1 atom stereocenters. The topological polar surface area (TPSA) is 60.9 Å². The summed E-state index contributed by atoms with van der Waals surface area (Å²) in [6.07, 6.45) is 1.04. The van der Waals surface area contributed by atoms with E-state index in [0.717, 1.165) is 21.8 Å². The highest BCUT2D eigenvalue weighted by Gasteiger charge is 2.33. The summed E-state index contributed by atoms with van der Waals surface area (Å²) in [6, 6.07) is 9.86. The van der Waals surface area contributed by atoms with Crippen molar-refractivity contribution in [1.82, 2.24) is 4.90 Å². The number of carbonyl (C=O) groups is 1. The lowest BCUT2D eigenvalue weighted by molar-refractivity contribution is -0.132. The van der Waals surface area contributed by atoms with E-state index in [2.05, 4.69) is 4.90 Å². The van der Waals surface area contributed by atoms with Crippen molar-refractivity contribution in [2.24, 2.45) is 0 Å². The molecule has 3 rings (SSSR count). The van der Waals surface area contributed by atoms with Gasteiger partial charge in [0.05, 0.1) is 11.9 Å². The summed E-state index contributed by atoms with van der Waals surface area (Å²) in [5, 5.41) is 0.658. The average molecular weight is 454 g/mol. The average Bonchev–Trinajstić information content (AvgIpc) is 2.70. The van der Waals surface area contributed by atoms with Crippen LogP contribution in [0.15, 0.2) is 42.5 Å². The van der Waals surface area contributed by atoms with Gasteiger partial charge in [-0.1, -0.05) is 17.7 Å². The van der Waals surface area contributed by atoms with Gasteiger partial charge < -0.3 is 9.80 Å². The zero-order valence-corrected chi connectivity index (χ0v) is 18.8. The van der Waals surface area contributed by atoms with Gasteiger partial charge >= 0.3 is 0 Å². The molecule has 30 heavy (non-hydrogen) atoms. The fourth-order valence-electron chi connectivity index (χ4n) is 3.75. The second-order valence-electron chi connectivity index (χ2n) is 7.45. The molecule has 162 valence electrons. The third kappa shape index (κ3) is 4.87. The quantitative estimate of drug-likeness (QED) is 0.697. The van der Waals surface area contributed by atoms with E-state index in [1.165, 1.54) is 24.3 Å². The Morgan fingerprint density at radius 2 is 1.70 bits per heavy atom. The van der Waals surface area contributed by atoms with Crippen molar-refractivity contribution in [3.63, 3.8) is 0 Å². The van der Waals surface area contributed by atoms with Crippen LogP contribution in [0.5, 0.6) is 0 Å². The van der Waals surface area contributed by atoms with Gasteiger partial charge in [-0.2, -0.15) is 0 Å². The van der Waals surface area contributed by atoms with Crippen LogP contribution in [0.4, 0.5) is 15.8 Å². The van der Waals surface area contributed by atoms with E-state index in [1.807, 2.05) is 25.1 Å². The fourth-order valence-corrected chi connectivity index (χ4v) is 5.08. The van der Waals surface area contributed by atoms with Crippen LogP contribution < -0.4 is 9.21 Å². The van der Waals surface area contributed by atoms with Crippen LogP contribution in [0.3, 0.4) is 0 Å². The van der Waals surface area contributed by atoms with Crippen LogP contribution in [0, 0.1) is 12.7 Å². The first-order valence-electron chi connectivity index (χ1n) is 9.63. The maximum Gasteiger partial charge on any atom is 0.246 e. The number of aryl methyl sites for hydroxylation is 1. The monoisotopic (exact) mass is 453 g/mol. The Kier molecular flexibility index (Phi) is 6.57. The number of hydrogen-bond donors (Lipinski definition) is 0. The minimum absolute atomic E-state index is 0.257. The van der Waals surface area contributed by atoms with Gasteiger partial charge in [-0.15, -0.1) is 0 Å². The second kappa shape index (κ2) is 8.81. The Morgan fingerprint density at radius 3 is 2.27 bits per heavy atom. The van der Waals surface area contributed by atoms with Crippen molar-refractivity contribution in [2.75, 3.05) is 41.6 Å². The summed E-state index contributed by atoms with van der Waals surface area (Å²) in [7, 11) is -3.74. The van der Waals surface area contributed by atoms with Gasteiger partial charge in [0.25, 0.3) is 0 Å². The highest BCUT2D eigenvalue weighted by atomic mass is 35.5. The molecule has 0 bridgehead atoms. The fraction of sp³-hybridized carbons (Fsp3) is 0.381. The van der Waals surface area contributed by atoms with Crippen LogP contribution in [-0.4, -0.2) is 57.7 Å². The van der Waals surface area contributed by atoms with Gasteiger partial charge in [0, 0.05) is 36.9 Å². The van der Waals surface area contributed by atoms with Crippen molar-refractivity contribution >= 4 is 38.9 Å². The molecule has 1 aliphatic heterocycles. The molecular weight excluding hydrogens is 429 g/mol. The maximum absolute atomic E-state index is 13.3. The Morgan fingerprint density at radius 1 is 1.10 bits per heavy atom. The van der Waals surface area contributed by atoms with Crippen LogP contribution in [0.2, 0.25) is 5.02 Å². The SMILES string of the molecule is Cc1ccc(Cl)cc1N1CCN(C(=O)C(C)N(c2ccc(F)cc2)S(C)(=O)=O)CC1. The highest BCUT2D eigenvalue weighted by Crippen LogP contribution is 2.26. The summed E-state index contributed by atoms with van der Waals surface area (Å²) >= 11 is 6.13. The van der Waals surface area contributed by atoms with E-state index in [9.17, 15) is 17.6 Å². The van der Waals surface area contributed by atoms with E-state index in [4.69, 9.17) is 11.6 Å². The first-order chi connectivity index (χ1) is 14.1. The molecule has 6 nitrogen and oxygen atoms in total. The molecule has 0 radical (unpaired) electrons. The van der Waals surface area contributed by atoms with Crippen LogP contribution in [0.25, 0.3) is 0 Å². The molecule has 0 spiro atoms. The predicted octanol–water partition coefficient (Wildman–Crippen LogP) is 3.29. The number of nitrogens with zero attached hydrogens (tertiary/aromatic N) is 3. The standard InChI is InChI=1S/C21H25ClFN3O3S/c1-15-4-5-17(22)14-20(15)24-10-12-25(13-11-24)21(27)16(2)26(30(3,28)29)19-8-6-18(23)7-9-19/h4-9,14,16H,10-13H2,1-3H3. The molecule has 0 aromatic heterocycles. The number of amides is 1. The molecule has 0 saturated carbocycles. The Bertz CT molecular complexity index is 1020. The molecule has 1 fully saturated rings.